The standard InChI is InChI=1S/C26H35N3O3S/c1-6-8-9-20(7-2)27-25(30)22-16-24(29(18(22)3)14-15-31-4)23-17-33-26(28-23)19-10-12-21(32-5)13-11-19/h10-13,16-17,20H,6-9,14-15H2,1-5H3,(H,27,30). The monoisotopic (exact) mass is 469 g/mol. The van der Waals surface area contributed by atoms with E-state index in [-0.39, 0.29) is 11.9 Å². The van der Waals surface area contributed by atoms with E-state index in [4.69, 9.17) is 14.5 Å². The summed E-state index contributed by atoms with van der Waals surface area (Å²) in [5.74, 6) is 0.804. The summed E-state index contributed by atoms with van der Waals surface area (Å²) in [6.07, 6.45) is 4.18. The Morgan fingerprint density at radius 1 is 1.21 bits per heavy atom. The lowest BCUT2D eigenvalue weighted by atomic mass is 10.1. The fourth-order valence-corrected chi connectivity index (χ4v) is 4.73. The summed E-state index contributed by atoms with van der Waals surface area (Å²) >= 11 is 1.59. The number of methoxy groups -OCH3 is 2. The van der Waals surface area contributed by atoms with Gasteiger partial charge in [0.2, 0.25) is 0 Å². The summed E-state index contributed by atoms with van der Waals surface area (Å²) in [6, 6.07) is 10.1. The number of hydrogen-bond donors (Lipinski definition) is 1. The number of benzene rings is 1. The van der Waals surface area contributed by atoms with E-state index in [1.54, 1.807) is 25.6 Å². The predicted octanol–water partition coefficient (Wildman–Crippen LogP) is 5.94. The van der Waals surface area contributed by atoms with E-state index in [0.717, 1.165) is 59.1 Å². The third kappa shape index (κ3) is 6.03. The number of nitrogens with one attached hydrogen (secondary N) is 1. The van der Waals surface area contributed by atoms with Gasteiger partial charge in [-0.1, -0.05) is 26.7 Å². The molecule has 0 saturated carbocycles. The van der Waals surface area contributed by atoms with Crippen molar-refractivity contribution in [2.24, 2.45) is 0 Å². The molecule has 6 nitrogen and oxygen atoms in total. The normalized spacial score (nSPS) is 12.0. The van der Waals surface area contributed by atoms with Crippen LogP contribution in [0, 0.1) is 6.92 Å². The van der Waals surface area contributed by atoms with E-state index in [9.17, 15) is 4.79 Å². The molecule has 1 N–H and O–H groups in total. The molecule has 2 aromatic heterocycles. The maximum atomic E-state index is 13.2. The summed E-state index contributed by atoms with van der Waals surface area (Å²) in [4.78, 5) is 18.1. The van der Waals surface area contributed by atoms with Gasteiger partial charge >= 0.3 is 0 Å². The molecule has 1 amide bonds. The first-order chi connectivity index (χ1) is 16.0. The molecular formula is C26H35N3O3S. The SMILES string of the molecule is CCCCC(CC)NC(=O)c1cc(-c2csc(-c3ccc(OC)cc3)n2)n(CCOC)c1C. The fraction of sp³-hybridized carbons (Fsp3) is 0.462. The smallest absolute Gasteiger partial charge is 0.253 e. The number of carbonyl (C=O) groups excluding carboxylic acids is 1. The highest BCUT2D eigenvalue weighted by Gasteiger charge is 2.22. The van der Waals surface area contributed by atoms with E-state index in [2.05, 4.69) is 29.1 Å². The van der Waals surface area contributed by atoms with E-state index in [1.165, 1.54) is 0 Å². The molecule has 0 aliphatic rings. The molecule has 0 fully saturated rings. The van der Waals surface area contributed by atoms with Gasteiger partial charge in [-0.2, -0.15) is 0 Å². The molecule has 0 spiro atoms. The lowest BCUT2D eigenvalue weighted by Gasteiger charge is -2.16. The maximum absolute atomic E-state index is 13.2. The van der Waals surface area contributed by atoms with Crippen molar-refractivity contribution >= 4 is 17.2 Å². The highest BCUT2D eigenvalue weighted by atomic mass is 32.1. The van der Waals surface area contributed by atoms with E-state index >= 15 is 0 Å². The minimum absolute atomic E-state index is 0.0153. The molecule has 3 rings (SSSR count). The Morgan fingerprint density at radius 2 is 1.97 bits per heavy atom. The maximum Gasteiger partial charge on any atom is 0.253 e. The minimum Gasteiger partial charge on any atom is -0.497 e. The van der Waals surface area contributed by atoms with Crippen LogP contribution in [0.15, 0.2) is 35.7 Å². The highest BCUT2D eigenvalue weighted by Crippen LogP contribution is 2.32. The van der Waals surface area contributed by atoms with Crippen LogP contribution >= 0.6 is 11.3 Å². The average Bonchev–Trinajstić information content (AvgIpc) is 3.45. The molecule has 33 heavy (non-hydrogen) atoms. The average molecular weight is 470 g/mol. The second-order valence-corrected chi connectivity index (χ2v) is 9.02. The van der Waals surface area contributed by atoms with Gasteiger partial charge < -0.3 is 19.4 Å². The third-order valence-electron chi connectivity index (χ3n) is 5.97. The quantitative estimate of drug-likeness (QED) is 0.356. The summed E-state index contributed by atoms with van der Waals surface area (Å²) in [6.45, 7) is 7.52. The van der Waals surface area contributed by atoms with Crippen LogP contribution in [0.1, 0.15) is 55.6 Å². The van der Waals surface area contributed by atoms with Gasteiger partial charge in [0, 0.05) is 36.3 Å². The Balaban J connectivity index is 1.91. The molecule has 0 saturated heterocycles. The predicted molar refractivity (Wildman–Crippen MR) is 135 cm³/mol. The van der Waals surface area contributed by atoms with Crippen molar-refractivity contribution in [3.05, 3.63) is 47.0 Å². The molecule has 2 heterocycles. The largest absolute Gasteiger partial charge is 0.497 e. The van der Waals surface area contributed by atoms with Crippen LogP contribution in [0.5, 0.6) is 5.75 Å². The van der Waals surface area contributed by atoms with Crippen molar-refractivity contribution in [3.63, 3.8) is 0 Å². The van der Waals surface area contributed by atoms with Gasteiger partial charge in [-0.15, -0.1) is 11.3 Å². The Kier molecular flexibility index (Phi) is 9.09. The molecule has 0 aliphatic heterocycles. The fourth-order valence-electron chi connectivity index (χ4n) is 3.91. The zero-order valence-corrected chi connectivity index (χ0v) is 21.1. The van der Waals surface area contributed by atoms with Crippen molar-refractivity contribution in [2.45, 2.75) is 59.0 Å². The van der Waals surface area contributed by atoms with Crippen LogP contribution < -0.4 is 10.1 Å². The van der Waals surface area contributed by atoms with Gasteiger partial charge in [0.25, 0.3) is 5.91 Å². The number of thiazole rings is 1. The number of amides is 1. The summed E-state index contributed by atoms with van der Waals surface area (Å²) in [5.41, 5.74) is 4.48. The van der Waals surface area contributed by atoms with Crippen molar-refractivity contribution in [3.8, 4) is 27.7 Å². The van der Waals surface area contributed by atoms with Crippen molar-refractivity contribution in [1.82, 2.24) is 14.9 Å². The van der Waals surface area contributed by atoms with Crippen molar-refractivity contribution in [1.29, 1.82) is 0 Å². The molecule has 0 bridgehead atoms. The summed E-state index contributed by atoms with van der Waals surface area (Å²) in [7, 11) is 3.35. The topological polar surface area (TPSA) is 65.4 Å². The second kappa shape index (κ2) is 12.0. The second-order valence-electron chi connectivity index (χ2n) is 8.16. The van der Waals surface area contributed by atoms with E-state index < -0.39 is 0 Å². The number of carbonyl (C=O) groups is 1. The van der Waals surface area contributed by atoms with Crippen molar-refractivity contribution < 1.29 is 14.3 Å². The van der Waals surface area contributed by atoms with E-state index in [0.29, 0.717) is 18.7 Å². The van der Waals surface area contributed by atoms with Crippen LogP contribution in [0.4, 0.5) is 0 Å². The zero-order chi connectivity index (χ0) is 23.8. The number of ether oxygens (including phenoxy) is 2. The van der Waals surface area contributed by atoms with Gasteiger partial charge in [0.15, 0.2) is 0 Å². The van der Waals surface area contributed by atoms with Crippen LogP contribution in [0.3, 0.4) is 0 Å². The number of rotatable bonds is 12. The Hall–Kier alpha value is -2.64. The molecule has 3 aromatic rings. The van der Waals surface area contributed by atoms with Crippen LogP contribution in [0.25, 0.3) is 22.0 Å². The first-order valence-corrected chi connectivity index (χ1v) is 12.5. The van der Waals surface area contributed by atoms with Gasteiger partial charge in [0.1, 0.15) is 10.8 Å². The third-order valence-corrected chi connectivity index (χ3v) is 6.86. The van der Waals surface area contributed by atoms with Crippen LogP contribution in [-0.2, 0) is 11.3 Å². The summed E-state index contributed by atoms with van der Waals surface area (Å²) in [5, 5.41) is 6.22. The number of unbranched alkanes of at least 4 members (excludes halogenated alkanes) is 1. The lowest BCUT2D eigenvalue weighted by Crippen LogP contribution is -2.34. The highest BCUT2D eigenvalue weighted by molar-refractivity contribution is 7.13. The Labute approximate surface area is 201 Å². The van der Waals surface area contributed by atoms with E-state index in [1.807, 2.05) is 37.3 Å². The van der Waals surface area contributed by atoms with Gasteiger partial charge in [-0.05, 0) is 50.1 Å². The molecule has 1 aromatic carbocycles. The summed E-state index contributed by atoms with van der Waals surface area (Å²) < 4.78 is 12.7. The minimum atomic E-state index is -0.0153. The number of hydrogen-bond acceptors (Lipinski definition) is 5. The van der Waals surface area contributed by atoms with Gasteiger partial charge in [-0.3, -0.25) is 4.79 Å². The lowest BCUT2D eigenvalue weighted by molar-refractivity contribution is 0.0932. The van der Waals surface area contributed by atoms with Crippen LogP contribution in [-0.4, -0.2) is 42.3 Å². The molecular weight excluding hydrogens is 434 g/mol. The van der Waals surface area contributed by atoms with Gasteiger partial charge in [0.05, 0.1) is 30.7 Å². The number of aromatic nitrogens is 2. The molecule has 7 heteroatoms. The molecule has 0 radical (unpaired) electrons. The first-order valence-electron chi connectivity index (χ1n) is 11.6. The molecule has 1 atom stereocenters. The molecule has 178 valence electrons. The van der Waals surface area contributed by atoms with Crippen LogP contribution in [0.2, 0.25) is 0 Å². The molecule has 1 unspecified atom stereocenters. The van der Waals surface area contributed by atoms with Crippen molar-refractivity contribution in [2.75, 3.05) is 20.8 Å². The zero-order valence-electron chi connectivity index (χ0n) is 20.3. The first kappa shape index (κ1) is 25.0. The number of nitrogens with zero attached hydrogens (tertiary/aromatic N) is 2. The molecule has 0 aliphatic carbocycles. The Bertz CT molecular complexity index is 1040. The Morgan fingerprint density at radius 3 is 2.61 bits per heavy atom. The van der Waals surface area contributed by atoms with Gasteiger partial charge in [-0.25, -0.2) is 4.98 Å².